The first kappa shape index (κ1) is 23.8. The summed E-state index contributed by atoms with van der Waals surface area (Å²) < 4.78 is 11.6. The zero-order chi connectivity index (χ0) is 23.1. The molecular weight excluding hydrogens is 432 g/mol. The summed E-state index contributed by atoms with van der Waals surface area (Å²) in [7, 11) is 2.51. The summed E-state index contributed by atoms with van der Waals surface area (Å²) in [4.78, 5) is 36.6. The molecule has 0 radical (unpaired) electrons. The van der Waals surface area contributed by atoms with Gasteiger partial charge in [0.25, 0.3) is 0 Å². The van der Waals surface area contributed by atoms with Crippen molar-refractivity contribution in [3.05, 3.63) is 35.2 Å². The molecule has 1 aromatic heterocycles. The van der Waals surface area contributed by atoms with Crippen LogP contribution >= 0.6 is 11.8 Å². The number of hydrogen-bond acceptors (Lipinski definition) is 8. The number of thioether (sulfide) groups is 1. The average Bonchev–Trinajstić information content (AvgIpc) is 3.25. The molecule has 0 bridgehead atoms. The van der Waals surface area contributed by atoms with Gasteiger partial charge in [0.15, 0.2) is 5.16 Å². The molecule has 0 saturated heterocycles. The molecular formula is C22H28N4O5S. The van der Waals surface area contributed by atoms with Crippen molar-refractivity contribution in [2.24, 2.45) is 0 Å². The van der Waals surface area contributed by atoms with Gasteiger partial charge in [-0.1, -0.05) is 31.0 Å². The van der Waals surface area contributed by atoms with Crippen molar-refractivity contribution in [2.75, 3.05) is 25.3 Å². The van der Waals surface area contributed by atoms with Crippen molar-refractivity contribution in [1.29, 1.82) is 0 Å². The summed E-state index contributed by atoms with van der Waals surface area (Å²) in [5.41, 5.74) is 0.547. The smallest absolute Gasteiger partial charge is 0.339 e. The van der Waals surface area contributed by atoms with Gasteiger partial charge in [-0.15, -0.1) is 10.2 Å². The normalized spacial score (nSPS) is 14.1. The number of nitrogens with zero attached hydrogens (tertiary/aromatic N) is 3. The number of anilines is 1. The Kier molecular flexibility index (Phi) is 8.26. The molecule has 2 aromatic rings. The van der Waals surface area contributed by atoms with Gasteiger partial charge in [-0.2, -0.15) is 0 Å². The molecule has 1 saturated carbocycles. The monoisotopic (exact) mass is 460 g/mol. The van der Waals surface area contributed by atoms with Crippen LogP contribution in [-0.4, -0.2) is 52.6 Å². The molecule has 1 fully saturated rings. The van der Waals surface area contributed by atoms with Crippen LogP contribution in [0.25, 0.3) is 0 Å². The number of hydrogen-bond donors (Lipinski definition) is 1. The van der Waals surface area contributed by atoms with E-state index in [0.717, 1.165) is 25.2 Å². The number of rotatable bonds is 8. The minimum atomic E-state index is -0.618. The highest BCUT2D eigenvalue weighted by molar-refractivity contribution is 7.99. The topological polar surface area (TPSA) is 112 Å². The van der Waals surface area contributed by atoms with Gasteiger partial charge in [0.2, 0.25) is 5.91 Å². The number of esters is 2. The highest BCUT2D eigenvalue weighted by Gasteiger charge is 2.23. The van der Waals surface area contributed by atoms with Crippen LogP contribution in [0, 0.1) is 0 Å². The van der Waals surface area contributed by atoms with E-state index in [9.17, 15) is 14.4 Å². The molecule has 1 N–H and O–H groups in total. The molecule has 10 heteroatoms. The fourth-order valence-electron chi connectivity index (χ4n) is 3.86. The second-order valence-electron chi connectivity index (χ2n) is 7.50. The van der Waals surface area contributed by atoms with Crippen LogP contribution in [0.15, 0.2) is 23.4 Å². The summed E-state index contributed by atoms with van der Waals surface area (Å²) in [5, 5.41) is 12.1. The molecule has 1 aliphatic rings. The van der Waals surface area contributed by atoms with Gasteiger partial charge in [0.1, 0.15) is 5.82 Å². The van der Waals surface area contributed by atoms with Crippen LogP contribution in [0.4, 0.5) is 5.69 Å². The summed E-state index contributed by atoms with van der Waals surface area (Å²) in [6.07, 6.45) is 5.92. The molecule has 0 atom stereocenters. The Balaban J connectivity index is 1.71. The minimum absolute atomic E-state index is 0.0753. The van der Waals surface area contributed by atoms with E-state index in [0.29, 0.717) is 11.1 Å². The summed E-state index contributed by atoms with van der Waals surface area (Å²) in [6.45, 7) is 2.78. The SMILES string of the molecule is CCn1c(SCC(=O)Nc2cc(C(=O)OC)ccc2C(=O)OC)nnc1C1CCCCC1. The van der Waals surface area contributed by atoms with E-state index in [2.05, 4.69) is 20.1 Å². The lowest BCUT2D eigenvalue weighted by Gasteiger charge is -2.21. The van der Waals surface area contributed by atoms with Crippen molar-refractivity contribution in [1.82, 2.24) is 14.8 Å². The Hall–Kier alpha value is -2.88. The standard InChI is InChI=1S/C22H28N4O5S/c1-4-26-19(14-8-6-5-7-9-14)24-25-22(26)32-13-18(27)23-17-12-15(20(28)30-2)10-11-16(17)21(29)31-3/h10-12,14H,4-9,13H2,1-3H3,(H,23,27). The van der Waals surface area contributed by atoms with Gasteiger partial charge in [-0.05, 0) is 38.0 Å². The first-order valence-electron chi connectivity index (χ1n) is 10.6. The van der Waals surface area contributed by atoms with E-state index in [1.807, 2.05) is 6.92 Å². The van der Waals surface area contributed by atoms with Crippen molar-refractivity contribution in [2.45, 2.75) is 56.6 Å². The second kappa shape index (κ2) is 11.1. The summed E-state index contributed by atoms with van der Waals surface area (Å²) in [6, 6.07) is 4.26. The molecule has 172 valence electrons. The number of carbonyl (C=O) groups excluding carboxylic acids is 3. The predicted octanol–water partition coefficient (Wildman–Crippen LogP) is 3.65. The Bertz CT molecular complexity index is 985. The van der Waals surface area contributed by atoms with Crippen LogP contribution < -0.4 is 5.32 Å². The maximum absolute atomic E-state index is 12.7. The number of nitrogens with one attached hydrogen (secondary N) is 1. The first-order valence-corrected chi connectivity index (χ1v) is 11.6. The number of aromatic nitrogens is 3. The fourth-order valence-corrected chi connectivity index (χ4v) is 4.67. The van der Waals surface area contributed by atoms with E-state index in [1.165, 1.54) is 63.4 Å². The van der Waals surface area contributed by atoms with Crippen LogP contribution in [-0.2, 0) is 20.8 Å². The highest BCUT2D eigenvalue weighted by Crippen LogP contribution is 2.33. The summed E-state index contributed by atoms with van der Waals surface area (Å²) in [5.74, 6) is -0.0416. The number of carbonyl (C=O) groups is 3. The second-order valence-corrected chi connectivity index (χ2v) is 8.44. The van der Waals surface area contributed by atoms with Crippen molar-refractivity contribution < 1.29 is 23.9 Å². The Morgan fingerprint density at radius 3 is 2.47 bits per heavy atom. The van der Waals surface area contributed by atoms with Crippen LogP contribution in [0.1, 0.15) is 71.5 Å². The molecule has 0 spiro atoms. The minimum Gasteiger partial charge on any atom is -0.465 e. The lowest BCUT2D eigenvalue weighted by molar-refractivity contribution is -0.113. The lowest BCUT2D eigenvalue weighted by atomic mass is 9.89. The third kappa shape index (κ3) is 5.48. The third-order valence-corrected chi connectivity index (χ3v) is 6.45. The Labute approximate surface area is 191 Å². The fraction of sp³-hybridized carbons (Fsp3) is 0.500. The van der Waals surface area contributed by atoms with Gasteiger partial charge in [-0.3, -0.25) is 4.79 Å². The Morgan fingerprint density at radius 1 is 1.09 bits per heavy atom. The van der Waals surface area contributed by atoms with Gasteiger partial charge in [-0.25, -0.2) is 9.59 Å². The predicted molar refractivity (Wildman–Crippen MR) is 120 cm³/mol. The zero-order valence-corrected chi connectivity index (χ0v) is 19.4. The van der Waals surface area contributed by atoms with Gasteiger partial charge >= 0.3 is 11.9 Å². The van der Waals surface area contributed by atoms with E-state index in [-0.39, 0.29) is 28.5 Å². The van der Waals surface area contributed by atoms with E-state index >= 15 is 0 Å². The molecule has 1 heterocycles. The van der Waals surface area contributed by atoms with E-state index in [4.69, 9.17) is 9.47 Å². The van der Waals surface area contributed by atoms with Gasteiger partial charge < -0.3 is 19.4 Å². The van der Waals surface area contributed by atoms with E-state index < -0.39 is 11.9 Å². The van der Waals surface area contributed by atoms with Crippen molar-refractivity contribution >= 4 is 35.3 Å². The molecule has 1 aromatic carbocycles. The van der Waals surface area contributed by atoms with Gasteiger partial charge in [0, 0.05) is 12.5 Å². The molecule has 1 amide bonds. The number of amides is 1. The van der Waals surface area contributed by atoms with E-state index in [1.54, 1.807) is 0 Å². The van der Waals surface area contributed by atoms with Crippen LogP contribution in [0.2, 0.25) is 0 Å². The average molecular weight is 461 g/mol. The quantitative estimate of drug-likeness (QED) is 0.469. The third-order valence-electron chi connectivity index (χ3n) is 5.48. The molecule has 32 heavy (non-hydrogen) atoms. The van der Waals surface area contributed by atoms with Crippen LogP contribution in [0.3, 0.4) is 0 Å². The number of benzene rings is 1. The number of ether oxygens (including phenoxy) is 2. The number of methoxy groups -OCH3 is 2. The molecule has 1 aliphatic carbocycles. The largest absolute Gasteiger partial charge is 0.465 e. The molecule has 0 aliphatic heterocycles. The first-order chi connectivity index (χ1) is 15.5. The molecule has 9 nitrogen and oxygen atoms in total. The van der Waals surface area contributed by atoms with Crippen molar-refractivity contribution in [3.63, 3.8) is 0 Å². The lowest BCUT2D eigenvalue weighted by Crippen LogP contribution is -2.18. The molecule has 0 unspecified atom stereocenters. The molecule has 3 rings (SSSR count). The summed E-state index contributed by atoms with van der Waals surface area (Å²) >= 11 is 1.29. The van der Waals surface area contributed by atoms with Crippen molar-refractivity contribution in [3.8, 4) is 0 Å². The van der Waals surface area contributed by atoms with Crippen LogP contribution in [0.5, 0.6) is 0 Å². The maximum atomic E-state index is 12.7. The highest BCUT2D eigenvalue weighted by atomic mass is 32.2. The maximum Gasteiger partial charge on any atom is 0.339 e. The Morgan fingerprint density at radius 2 is 1.81 bits per heavy atom. The van der Waals surface area contributed by atoms with Gasteiger partial charge in [0.05, 0.1) is 36.8 Å². The zero-order valence-electron chi connectivity index (χ0n) is 18.6.